The molecule has 27 heavy (non-hydrogen) atoms. The highest BCUT2D eigenvalue weighted by atomic mass is 32.1. The van der Waals surface area contributed by atoms with E-state index in [1.165, 1.54) is 10.1 Å². The highest BCUT2D eigenvalue weighted by molar-refractivity contribution is 7.13. The van der Waals surface area contributed by atoms with Gasteiger partial charge in [-0.1, -0.05) is 12.1 Å². The Labute approximate surface area is 161 Å². The first-order chi connectivity index (χ1) is 13.2. The molecule has 0 saturated carbocycles. The molecular formula is C20H21N3O3S. The molecule has 3 aromatic rings. The minimum atomic E-state index is -0.924. The lowest BCUT2D eigenvalue weighted by Gasteiger charge is -2.34. The molecule has 140 valence electrons. The number of carboxylic acid groups (broad SMARTS) is 1. The van der Waals surface area contributed by atoms with Crippen molar-refractivity contribution in [3.63, 3.8) is 0 Å². The quantitative estimate of drug-likeness (QED) is 0.705. The summed E-state index contributed by atoms with van der Waals surface area (Å²) in [6.07, 6.45) is 0. The van der Waals surface area contributed by atoms with Crippen LogP contribution in [0.25, 0.3) is 10.1 Å². The fourth-order valence-electron chi connectivity index (χ4n) is 3.27. The second kappa shape index (κ2) is 7.94. The lowest BCUT2D eigenvalue weighted by atomic mass is 10.2. The maximum Gasteiger partial charge on any atom is 0.335 e. The first kappa shape index (κ1) is 17.8. The molecule has 1 aliphatic rings. The smallest absolute Gasteiger partial charge is 0.335 e. The predicted octanol–water partition coefficient (Wildman–Crippen LogP) is 3.20. The SMILES string of the molecule is O=C(O)c1ccc(OCCN2CCN(c3nsc4ccccc34)CC2)cc1. The molecule has 4 rings (SSSR count). The molecule has 0 radical (unpaired) electrons. The number of aromatic nitrogens is 1. The normalized spacial score (nSPS) is 15.2. The van der Waals surface area contributed by atoms with Gasteiger partial charge in [0.15, 0.2) is 0 Å². The largest absolute Gasteiger partial charge is 0.492 e. The van der Waals surface area contributed by atoms with Gasteiger partial charge in [-0.05, 0) is 47.9 Å². The molecule has 0 unspecified atom stereocenters. The number of nitrogens with zero attached hydrogens (tertiary/aromatic N) is 3. The predicted molar refractivity (Wildman–Crippen MR) is 107 cm³/mol. The average Bonchev–Trinajstić information content (AvgIpc) is 3.13. The van der Waals surface area contributed by atoms with Crippen molar-refractivity contribution in [2.24, 2.45) is 0 Å². The van der Waals surface area contributed by atoms with Crippen LogP contribution in [0.5, 0.6) is 5.75 Å². The summed E-state index contributed by atoms with van der Waals surface area (Å²) in [4.78, 5) is 15.6. The van der Waals surface area contributed by atoms with Crippen molar-refractivity contribution in [3.05, 3.63) is 54.1 Å². The third kappa shape index (κ3) is 4.04. The van der Waals surface area contributed by atoms with Crippen LogP contribution in [-0.4, -0.2) is 59.7 Å². The van der Waals surface area contributed by atoms with Crippen molar-refractivity contribution in [1.29, 1.82) is 0 Å². The van der Waals surface area contributed by atoms with Crippen LogP contribution in [0.1, 0.15) is 10.4 Å². The Hall–Kier alpha value is -2.64. The van der Waals surface area contributed by atoms with Gasteiger partial charge in [0, 0.05) is 38.1 Å². The van der Waals surface area contributed by atoms with Crippen molar-refractivity contribution in [3.8, 4) is 5.75 Å². The Morgan fingerprint density at radius 2 is 1.81 bits per heavy atom. The molecule has 7 heteroatoms. The Balaban J connectivity index is 1.25. The van der Waals surface area contributed by atoms with E-state index in [0.717, 1.165) is 38.5 Å². The molecule has 1 saturated heterocycles. The van der Waals surface area contributed by atoms with Gasteiger partial charge in [-0.2, -0.15) is 4.37 Å². The van der Waals surface area contributed by atoms with E-state index in [1.54, 1.807) is 35.8 Å². The third-order valence-corrected chi connectivity index (χ3v) is 5.62. The molecule has 0 atom stereocenters. The van der Waals surface area contributed by atoms with Gasteiger partial charge in [-0.15, -0.1) is 0 Å². The summed E-state index contributed by atoms with van der Waals surface area (Å²) >= 11 is 1.56. The molecule has 1 fully saturated rings. The molecule has 0 amide bonds. The maximum absolute atomic E-state index is 10.9. The highest BCUT2D eigenvalue weighted by Crippen LogP contribution is 2.29. The van der Waals surface area contributed by atoms with E-state index in [4.69, 9.17) is 9.84 Å². The Kier molecular flexibility index (Phi) is 5.22. The van der Waals surface area contributed by atoms with E-state index in [1.807, 2.05) is 0 Å². The van der Waals surface area contributed by atoms with Crippen LogP contribution >= 0.6 is 11.5 Å². The van der Waals surface area contributed by atoms with Crippen LogP contribution in [0.2, 0.25) is 0 Å². The van der Waals surface area contributed by atoms with Crippen LogP contribution in [0, 0.1) is 0 Å². The maximum atomic E-state index is 10.9. The minimum Gasteiger partial charge on any atom is -0.492 e. The summed E-state index contributed by atoms with van der Waals surface area (Å²) in [6.45, 7) is 5.32. The van der Waals surface area contributed by atoms with Crippen molar-refractivity contribution in [2.75, 3.05) is 44.2 Å². The van der Waals surface area contributed by atoms with Crippen LogP contribution in [-0.2, 0) is 0 Å². The molecule has 2 aromatic carbocycles. The number of carboxylic acids is 1. The lowest BCUT2D eigenvalue weighted by molar-refractivity contribution is 0.0697. The number of ether oxygens (including phenoxy) is 1. The minimum absolute atomic E-state index is 0.271. The van der Waals surface area contributed by atoms with Crippen LogP contribution in [0.15, 0.2) is 48.5 Å². The van der Waals surface area contributed by atoms with Gasteiger partial charge in [0.2, 0.25) is 0 Å². The summed E-state index contributed by atoms with van der Waals surface area (Å²) in [6, 6.07) is 14.9. The number of anilines is 1. The summed E-state index contributed by atoms with van der Waals surface area (Å²) < 4.78 is 11.6. The Morgan fingerprint density at radius 3 is 2.56 bits per heavy atom. The zero-order valence-corrected chi connectivity index (χ0v) is 15.7. The molecular weight excluding hydrogens is 362 g/mol. The van der Waals surface area contributed by atoms with Gasteiger partial charge in [0.05, 0.1) is 10.3 Å². The van der Waals surface area contributed by atoms with Crippen molar-refractivity contribution < 1.29 is 14.6 Å². The summed E-state index contributed by atoms with van der Waals surface area (Å²) in [7, 11) is 0. The number of fused-ring (bicyclic) bond motifs is 1. The van der Waals surface area contributed by atoms with E-state index in [0.29, 0.717) is 12.4 Å². The zero-order valence-electron chi connectivity index (χ0n) is 14.9. The number of rotatable bonds is 6. The monoisotopic (exact) mass is 383 g/mol. The summed E-state index contributed by atoms with van der Waals surface area (Å²) in [5.41, 5.74) is 0.271. The van der Waals surface area contributed by atoms with Crippen molar-refractivity contribution in [2.45, 2.75) is 0 Å². The molecule has 1 N–H and O–H groups in total. The lowest BCUT2D eigenvalue weighted by Crippen LogP contribution is -2.47. The standard InChI is InChI=1S/C20H21N3O3S/c24-20(25)15-5-7-16(8-6-15)26-14-13-22-9-11-23(12-10-22)19-17-3-1-2-4-18(17)27-21-19/h1-8H,9-14H2,(H,24,25). The van der Waals surface area contributed by atoms with E-state index < -0.39 is 5.97 Å². The van der Waals surface area contributed by atoms with Crippen LogP contribution in [0.4, 0.5) is 5.82 Å². The van der Waals surface area contributed by atoms with Gasteiger partial charge < -0.3 is 14.7 Å². The molecule has 0 bridgehead atoms. The van der Waals surface area contributed by atoms with E-state index in [-0.39, 0.29) is 5.56 Å². The Morgan fingerprint density at radius 1 is 1.07 bits per heavy atom. The van der Waals surface area contributed by atoms with Crippen LogP contribution < -0.4 is 9.64 Å². The van der Waals surface area contributed by atoms with Crippen molar-refractivity contribution in [1.82, 2.24) is 9.27 Å². The summed E-state index contributed by atoms with van der Waals surface area (Å²) in [5.74, 6) is 0.880. The van der Waals surface area contributed by atoms with Crippen LogP contribution in [0.3, 0.4) is 0 Å². The second-order valence-electron chi connectivity index (χ2n) is 6.51. The van der Waals surface area contributed by atoms with E-state index in [2.05, 4.69) is 38.4 Å². The fraction of sp³-hybridized carbons (Fsp3) is 0.300. The number of piperazine rings is 1. The highest BCUT2D eigenvalue weighted by Gasteiger charge is 2.20. The molecule has 2 heterocycles. The molecule has 1 aromatic heterocycles. The van der Waals surface area contributed by atoms with E-state index in [9.17, 15) is 4.79 Å². The first-order valence-electron chi connectivity index (χ1n) is 8.98. The molecule has 0 spiro atoms. The van der Waals surface area contributed by atoms with Gasteiger partial charge in [-0.3, -0.25) is 4.90 Å². The number of hydrogen-bond acceptors (Lipinski definition) is 6. The Bertz CT molecular complexity index is 918. The number of carbonyl (C=O) groups is 1. The van der Waals surface area contributed by atoms with Crippen molar-refractivity contribution >= 4 is 33.4 Å². The molecule has 1 aliphatic heterocycles. The number of hydrogen-bond donors (Lipinski definition) is 1. The number of benzene rings is 2. The summed E-state index contributed by atoms with van der Waals surface area (Å²) in [5, 5.41) is 10.2. The average molecular weight is 383 g/mol. The van der Waals surface area contributed by atoms with Gasteiger partial charge in [0.25, 0.3) is 0 Å². The molecule has 0 aliphatic carbocycles. The van der Waals surface area contributed by atoms with Gasteiger partial charge in [-0.25, -0.2) is 4.79 Å². The van der Waals surface area contributed by atoms with Gasteiger partial charge >= 0.3 is 5.97 Å². The van der Waals surface area contributed by atoms with E-state index >= 15 is 0 Å². The topological polar surface area (TPSA) is 65.9 Å². The van der Waals surface area contributed by atoms with Gasteiger partial charge in [0.1, 0.15) is 18.2 Å². The first-order valence-corrected chi connectivity index (χ1v) is 9.76. The molecule has 6 nitrogen and oxygen atoms in total. The third-order valence-electron chi connectivity index (χ3n) is 4.81. The number of aromatic carboxylic acids is 1. The fourth-order valence-corrected chi connectivity index (χ4v) is 4.07. The second-order valence-corrected chi connectivity index (χ2v) is 7.31. The zero-order chi connectivity index (χ0) is 18.6.